The summed E-state index contributed by atoms with van der Waals surface area (Å²) in [4.78, 5) is 4.54. The van der Waals surface area contributed by atoms with Crippen LogP contribution in [0.1, 0.15) is 6.92 Å². The van der Waals surface area contributed by atoms with Crippen LogP contribution in [0.2, 0.25) is 0 Å². The molecule has 0 aromatic rings. The molecule has 10 heavy (non-hydrogen) atoms. The van der Waals surface area contributed by atoms with Gasteiger partial charge in [-0.2, -0.15) is 5.48 Å². The van der Waals surface area contributed by atoms with Gasteiger partial charge in [-0.05, 0) is 6.92 Å². The molecule has 0 saturated heterocycles. The standard InChI is InChI=1S/C5H13NO4/c1-4(8)6-10-3-5(9)2-7/h4-9H,2-3H2,1H3. The summed E-state index contributed by atoms with van der Waals surface area (Å²) in [7, 11) is 0. The fourth-order valence-corrected chi connectivity index (χ4v) is 0.318. The second kappa shape index (κ2) is 5.57. The van der Waals surface area contributed by atoms with Crippen LogP contribution in [0.4, 0.5) is 0 Å². The molecule has 0 aliphatic rings. The molecule has 0 spiro atoms. The average Bonchev–Trinajstić information content (AvgIpc) is 1.87. The van der Waals surface area contributed by atoms with E-state index in [4.69, 9.17) is 15.3 Å². The van der Waals surface area contributed by atoms with Crippen molar-refractivity contribution in [3.8, 4) is 0 Å². The summed E-state index contributed by atoms with van der Waals surface area (Å²) in [5.74, 6) is 0. The molecular weight excluding hydrogens is 138 g/mol. The molecule has 0 aliphatic heterocycles. The lowest BCUT2D eigenvalue weighted by Gasteiger charge is -2.09. The largest absolute Gasteiger partial charge is 0.394 e. The van der Waals surface area contributed by atoms with Crippen LogP contribution in [0.5, 0.6) is 0 Å². The van der Waals surface area contributed by atoms with E-state index in [-0.39, 0.29) is 13.2 Å². The molecule has 2 unspecified atom stereocenters. The number of hydrogen-bond donors (Lipinski definition) is 4. The maximum atomic E-state index is 8.67. The van der Waals surface area contributed by atoms with E-state index in [1.54, 1.807) is 0 Å². The maximum Gasteiger partial charge on any atom is 0.124 e. The summed E-state index contributed by atoms with van der Waals surface area (Å²) in [5.41, 5.74) is 2.20. The lowest BCUT2D eigenvalue weighted by molar-refractivity contribution is -0.0856. The van der Waals surface area contributed by atoms with E-state index < -0.39 is 12.3 Å². The minimum atomic E-state index is -0.897. The van der Waals surface area contributed by atoms with Gasteiger partial charge in [0.1, 0.15) is 12.3 Å². The van der Waals surface area contributed by atoms with Gasteiger partial charge in [0.25, 0.3) is 0 Å². The van der Waals surface area contributed by atoms with Crippen molar-refractivity contribution in [3.05, 3.63) is 0 Å². The van der Waals surface area contributed by atoms with Crippen LogP contribution in [-0.4, -0.2) is 40.9 Å². The quantitative estimate of drug-likeness (QED) is 0.275. The Balaban J connectivity index is 3.03. The summed E-state index contributed by atoms with van der Waals surface area (Å²) >= 11 is 0. The highest BCUT2D eigenvalue weighted by Gasteiger charge is 2.01. The van der Waals surface area contributed by atoms with Gasteiger partial charge >= 0.3 is 0 Å². The molecule has 0 fully saturated rings. The first-order valence-corrected chi connectivity index (χ1v) is 3.01. The minimum Gasteiger partial charge on any atom is -0.394 e. The van der Waals surface area contributed by atoms with E-state index in [0.29, 0.717) is 0 Å². The number of aliphatic hydroxyl groups excluding tert-OH is 3. The lowest BCUT2D eigenvalue weighted by atomic mass is 10.4. The third kappa shape index (κ3) is 5.93. The normalized spacial score (nSPS) is 16.8. The van der Waals surface area contributed by atoms with E-state index >= 15 is 0 Å². The predicted molar refractivity (Wildman–Crippen MR) is 33.9 cm³/mol. The van der Waals surface area contributed by atoms with Crippen LogP contribution in [0.15, 0.2) is 0 Å². The van der Waals surface area contributed by atoms with Gasteiger partial charge in [-0.25, -0.2) is 0 Å². The van der Waals surface area contributed by atoms with Gasteiger partial charge in [0.15, 0.2) is 0 Å². The maximum absolute atomic E-state index is 8.67. The van der Waals surface area contributed by atoms with E-state index in [0.717, 1.165) is 0 Å². The van der Waals surface area contributed by atoms with E-state index in [1.807, 2.05) is 0 Å². The van der Waals surface area contributed by atoms with Crippen molar-refractivity contribution in [1.29, 1.82) is 0 Å². The molecule has 0 bridgehead atoms. The molecule has 62 valence electrons. The number of hydroxylamine groups is 1. The average molecular weight is 151 g/mol. The Morgan fingerprint density at radius 3 is 2.50 bits per heavy atom. The second-order valence-electron chi connectivity index (χ2n) is 1.94. The van der Waals surface area contributed by atoms with Crippen molar-refractivity contribution in [3.63, 3.8) is 0 Å². The monoisotopic (exact) mass is 151 g/mol. The first kappa shape index (κ1) is 9.80. The zero-order chi connectivity index (χ0) is 7.98. The van der Waals surface area contributed by atoms with Crippen molar-refractivity contribution in [2.24, 2.45) is 0 Å². The van der Waals surface area contributed by atoms with Crippen molar-refractivity contribution in [2.75, 3.05) is 13.2 Å². The molecule has 4 N–H and O–H groups in total. The summed E-state index contributed by atoms with van der Waals surface area (Å²) in [5, 5.41) is 25.5. The number of nitrogens with one attached hydrogen (secondary N) is 1. The Morgan fingerprint density at radius 2 is 2.10 bits per heavy atom. The van der Waals surface area contributed by atoms with Gasteiger partial charge in [0.2, 0.25) is 0 Å². The zero-order valence-corrected chi connectivity index (χ0v) is 5.82. The number of hydrogen-bond acceptors (Lipinski definition) is 5. The second-order valence-corrected chi connectivity index (χ2v) is 1.94. The topological polar surface area (TPSA) is 82.0 Å². The van der Waals surface area contributed by atoms with Gasteiger partial charge in [0, 0.05) is 0 Å². The van der Waals surface area contributed by atoms with Crippen molar-refractivity contribution in [1.82, 2.24) is 5.48 Å². The summed E-state index contributed by atoms with van der Waals surface area (Å²) in [6.45, 7) is 1.09. The summed E-state index contributed by atoms with van der Waals surface area (Å²) in [6, 6.07) is 0. The van der Waals surface area contributed by atoms with Crippen molar-refractivity contribution in [2.45, 2.75) is 19.3 Å². The zero-order valence-electron chi connectivity index (χ0n) is 5.82. The highest BCUT2D eigenvalue weighted by molar-refractivity contribution is 4.47. The first-order valence-electron chi connectivity index (χ1n) is 3.01. The molecule has 0 aromatic heterocycles. The molecule has 0 saturated carbocycles. The Hall–Kier alpha value is -0.200. The van der Waals surface area contributed by atoms with Gasteiger partial charge in [0.05, 0.1) is 13.2 Å². The fourth-order valence-electron chi connectivity index (χ4n) is 0.318. The molecule has 0 aliphatic carbocycles. The molecule has 0 radical (unpaired) electrons. The smallest absolute Gasteiger partial charge is 0.124 e. The molecule has 0 aromatic carbocycles. The SMILES string of the molecule is CC(O)NOCC(O)CO. The van der Waals surface area contributed by atoms with Crippen LogP contribution in [-0.2, 0) is 4.84 Å². The van der Waals surface area contributed by atoms with Gasteiger partial charge < -0.3 is 15.3 Å². The van der Waals surface area contributed by atoms with Crippen LogP contribution < -0.4 is 5.48 Å². The third-order valence-corrected chi connectivity index (χ3v) is 0.740. The Morgan fingerprint density at radius 1 is 1.50 bits per heavy atom. The molecule has 0 rings (SSSR count). The fraction of sp³-hybridized carbons (Fsp3) is 1.00. The van der Waals surface area contributed by atoms with Crippen LogP contribution in [0, 0.1) is 0 Å². The lowest BCUT2D eigenvalue weighted by Crippen LogP contribution is -2.30. The molecule has 2 atom stereocenters. The van der Waals surface area contributed by atoms with Crippen molar-refractivity contribution >= 4 is 0 Å². The van der Waals surface area contributed by atoms with Gasteiger partial charge in [-0.1, -0.05) is 0 Å². The van der Waals surface area contributed by atoms with E-state index in [2.05, 4.69) is 10.3 Å². The van der Waals surface area contributed by atoms with E-state index in [1.165, 1.54) is 6.92 Å². The Kier molecular flexibility index (Phi) is 5.46. The summed E-state index contributed by atoms with van der Waals surface area (Å²) < 4.78 is 0. The van der Waals surface area contributed by atoms with Crippen LogP contribution in [0.25, 0.3) is 0 Å². The van der Waals surface area contributed by atoms with Gasteiger partial charge in [-0.15, -0.1) is 0 Å². The molecule has 0 amide bonds. The first-order chi connectivity index (χ1) is 4.66. The Labute approximate surface area is 59.2 Å². The molecular formula is C5H13NO4. The minimum absolute atomic E-state index is 0.0403. The summed E-state index contributed by atoms with van der Waals surface area (Å²) in [6.07, 6.45) is -1.67. The predicted octanol–water partition coefficient (Wildman–Crippen LogP) is -1.80. The Bertz CT molecular complexity index is 78.0. The molecule has 5 nitrogen and oxygen atoms in total. The van der Waals surface area contributed by atoms with Crippen LogP contribution in [0.3, 0.4) is 0 Å². The van der Waals surface area contributed by atoms with E-state index in [9.17, 15) is 0 Å². The molecule has 0 heterocycles. The molecule has 5 heteroatoms. The highest BCUT2D eigenvalue weighted by atomic mass is 16.7. The van der Waals surface area contributed by atoms with Crippen molar-refractivity contribution < 1.29 is 20.2 Å². The number of aliphatic hydroxyl groups is 3. The highest BCUT2D eigenvalue weighted by Crippen LogP contribution is 1.81. The number of rotatable bonds is 5. The van der Waals surface area contributed by atoms with Gasteiger partial charge in [-0.3, -0.25) is 4.84 Å². The third-order valence-electron chi connectivity index (χ3n) is 0.740. The van der Waals surface area contributed by atoms with Crippen LogP contribution >= 0.6 is 0 Å².